The Bertz CT molecular complexity index is 1040. The molecule has 0 spiro atoms. The standard InChI is InChI=1S/C23H23FN2O2/c1-16-8-6-7-13-26(16)22(27)15-25-14-19(17-9-3-5-12-21(17)25)23(28)18-10-2-4-11-20(18)24/h2-5,9-12,14,16H,6-8,13,15H2,1H3. The summed E-state index contributed by atoms with van der Waals surface area (Å²) in [5, 5.41) is 0.732. The summed E-state index contributed by atoms with van der Waals surface area (Å²) in [6, 6.07) is 13.7. The van der Waals surface area contributed by atoms with Crippen molar-refractivity contribution in [2.75, 3.05) is 6.54 Å². The molecule has 4 nitrogen and oxygen atoms in total. The molecular weight excluding hydrogens is 355 g/mol. The minimum Gasteiger partial charge on any atom is -0.338 e. The monoisotopic (exact) mass is 378 g/mol. The maximum atomic E-state index is 14.1. The Labute approximate surface area is 163 Å². The Balaban J connectivity index is 1.70. The molecule has 1 fully saturated rings. The number of rotatable bonds is 4. The topological polar surface area (TPSA) is 42.3 Å². The number of hydrogen-bond donors (Lipinski definition) is 0. The predicted molar refractivity (Wildman–Crippen MR) is 107 cm³/mol. The van der Waals surface area contributed by atoms with E-state index in [0.717, 1.165) is 36.7 Å². The zero-order valence-corrected chi connectivity index (χ0v) is 15.9. The molecule has 0 saturated carbocycles. The highest BCUT2D eigenvalue weighted by molar-refractivity contribution is 6.16. The second-order valence-corrected chi connectivity index (χ2v) is 7.43. The fraction of sp³-hybridized carbons (Fsp3) is 0.304. The quantitative estimate of drug-likeness (QED) is 0.631. The summed E-state index contributed by atoms with van der Waals surface area (Å²) in [4.78, 5) is 27.8. The number of benzene rings is 2. The minimum absolute atomic E-state index is 0.0429. The number of likely N-dealkylation sites (tertiary alicyclic amines) is 1. The number of nitrogens with zero attached hydrogens (tertiary/aromatic N) is 2. The lowest BCUT2D eigenvalue weighted by atomic mass is 10.0. The van der Waals surface area contributed by atoms with Gasteiger partial charge in [-0.15, -0.1) is 0 Å². The Hall–Kier alpha value is -2.95. The average Bonchev–Trinajstić information content (AvgIpc) is 3.07. The third-order valence-electron chi connectivity index (χ3n) is 5.58. The van der Waals surface area contributed by atoms with Crippen LogP contribution in [0.5, 0.6) is 0 Å². The molecular formula is C23H23FN2O2. The maximum Gasteiger partial charge on any atom is 0.242 e. The number of para-hydroxylation sites is 1. The summed E-state index contributed by atoms with van der Waals surface area (Å²) in [5.74, 6) is -0.854. The van der Waals surface area contributed by atoms with E-state index in [1.807, 2.05) is 33.7 Å². The Kier molecular flexibility index (Phi) is 4.99. The van der Waals surface area contributed by atoms with Gasteiger partial charge in [-0.2, -0.15) is 0 Å². The van der Waals surface area contributed by atoms with Crippen LogP contribution >= 0.6 is 0 Å². The zero-order chi connectivity index (χ0) is 19.7. The van der Waals surface area contributed by atoms with Gasteiger partial charge in [0.05, 0.1) is 5.56 Å². The van der Waals surface area contributed by atoms with Crippen molar-refractivity contribution in [1.29, 1.82) is 0 Å². The van der Waals surface area contributed by atoms with Crippen LogP contribution < -0.4 is 0 Å². The fourth-order valence-corrected chi connectivity index (χ4v) is 4.05. The van der Waals surface area contributed by atoms with Gasteiger partial charge in [0.2, 0.25) is 5.91 Å². The average molecular weight is 378 g/mol. The van der Waals surface area contributed by atoms with Crippen LogP contribution in [0.2, 0.25) is 0 Å². The number of carbonyl (C=O) groups excluding carboxylic acids is 2. The summed E-state index contributed by atoms with van der Waals surface area (Å²) < 4.78 is 16.0. The Morgan fingerprint density at radius 3 is 2.57 bits per heavy atom. The van der Waals surface area contributed by atoms with Crippen LogP contribution in [-0.4, -0.2) is 33.7 Å². The molecule has 1 saturated heterocycles. The lowest BCUT2D eigenvalue weighted by Crippen LogP contribution is -2.43. The molecule has 1 atom stereocenters. The van der Waals surface area contributed by atoms with Gasteiger partial charge in [0.15, 0.2) is 5.78 Å². The van der Waals surface area contributed by atoms with Crippen LogP contribution in [0.15, 0.2) is 54.7 Å². The third kappa shape index (κ3) is 3.33. The number of ketones is 1. The first-order valence-corrected chi connectivity index (χ1v) is 9.73. The molecule has 1 amide bonds. The third-order valence-corrected chi connectivity index (χ3v) is 5.58. The van der Waals surface area contributed by atoms with Crippen LogP contribution in [0.3, 0.4) is 0 Å². The zero-order valence-electron chi connectivity index (χ0n) is 15.9. The van der Waals surface area contributed by atoms with Crippen molar-refractivity contribution < 1.29 is 14.0 Å². The summed E-state index contributed by atoms with van der Waals surface area (Å²) in [6.07, 6.45) is 4.89. The second kappa shape index (κ2) is 7.58. The van der Waals surface area contributed by atoms with E-state index in [4.69, 9.17) is 0 Å². The number of aromatic nitrogens is 1. The number of hydrogen-bond acceptors (Lipinski definition) is 2. The number of fused-ring (bicyclic) bond motifs is 1. The molecule has 28 heavy (non-hydrogen) atoms. The number of amides is 1. The van der Waals surface area contributed by atoms with Gasteiger partial charge in [-0.1, -0.05) is 30.3 Å². The van der Waals surface area contributed by atoms with Crippen LogP contribution in [0, 0.1) is 5.82 Å². The number of halogens is 1. The molecule has 1 aromatic heterocycles. The number of carbonyl (C=O) groups is 2. The van der Waals surface area contributed by atoms with Crippen LogP contribution in [0.4, 0.5) is 4.39 Å². The molecule has 4 rings (SSSR count). The van der Waals surface area contributed by atoms with Crippen molar-refractivity contribution >= 4 is 22.6 Å². The van der Waals surface area contributed by atoms with Gasteiger partial charge in [-0.05, 0) is 44.4 Å². The van der Waals surface area contributed by atoms with Gasteiger partial charge in [0.25, 0.3) is 0 Å². The van der Waals surface area contributed by atoms with Gasteiger partial charge in [-0.25, -0.2) is 4.39 Å². The lowest BCUT2D eigenvalue weighted by molar-refractivity contribution is -0.135. The van der Waals surface area contributed by atoms with E-state index in [0.29, 0.717) is 5.56 Å². The molecule has 0 N–H and O–H groups in total. The van der Waals surface area contributed by atoms with Crippen molar-refractivity contribution in [3.05, 3.63) is 71.7 Å². The Morgan fingerprint density at radius 1 is 1.04 bits per heavy atom. The van der Waals surface area contributed by atoms with E-state index < -0.39 is 5.82 Å². The molecule has 1 unspecified atom stereocenters. The molecule has 3 aromatic rings. The van der Waals surface area contributed by atoms with Gasteiger partial charge < -0.3 is 9.47 Å². The minimum atomic E-state index is -0.539. The summed E-state index contributed by atoms with van der Waals surface area (Å²) >= 11 is 0. The maximum absolute atomic E-state index is 14.1. The second-order valence-electron chi connectivity index (χ2n) is 7.43. The predicted octanol–water partition coefficient (Wildman–Crippen LogP) is 4.41. The summed E-state index contributed by atoms with van der Waals surface area (Å²) in [6.45, 7) is 3.04. The molecule has 144 valence electrons. The molecule has 2 heterocycles. The highest BCUT2D eigenvalue weighted by Crippen LogP contribution is 2.25. The molecule has 0 bridgehead atoms. The van der Waals surface area contributed by atoms with Gasteiger partial charge in [0.1, 0.15) is 12.4 Å². The van der Waals surface area contributed by atoms with Crippen LogP contribution in [-0.2, 0) is 11.3 Å². The largest absolute Gasteiger partial charge is 0.338 e. The first-order valence-electron chi connectivity index (χ1n) is 9.73. The SMILES string of the molecule is CC1CCCCN1C(=O)Cn1cc(C(=O)c2ccccc2F)c2ccccc21. The van der Waals surface area contributed by atoms with Crippen LogP contribution in [0.25, 0.3) is 10.9 Å². The van der Waals surface area contributed by atoms with Crippen molar-refractivity contribution in [3.8, 4) is 0 Å². The highest BCUT2D eigenvalue weighted by atomic mass is 19.1. The van der Waals surface area contributed by atoms with Crippen molar-refractivity contribution in [3.63, 3.8) is 0 Å². The first kappa shape index (κ1) is 18.4. The Morgan fingerprint density at radius 2 is 1.79 bits per heavy atom. The van der Waals surface area contributed by atoms with Gasteiger partial charge >= 0.3 is 0 Å². The normalized spacial score (nSPS) is 17.1. The number of piperidine rings is 1. The van der Waals surface area contributed by atoms with E-state index >= 15 is 0 Å². The van der Waals surface area contributed by atoms with Crippen molar-refractivity contribution in [1.82, 2.24) is 9.47 Å². The molecule has 0 aliphatic carbocycles. The lowest BCUT2D eigenvalue weighted by Gasteiger charge is -2.33. The smallest absolute Gasteiger partial charge is 0.242 e. The van der Waals surface area contributed by atoms with Crippen molar-refractivity contribution in [2.45, 2.75) is 38.8 Å². The van der Waals surface area contributed by atoms with E-state index in [1.165, 1.54) is 12.1 Å². The molecule has 1 aliphatic rings. The first-order chi connectivity index (χ1) is 13.6. The van der Waals surface area contributed by atoms with Crippen LogP contribution in [0.1, 0.15) is 42.1 Å². The van der Waals surface area contributed by atoms with E-state index in [1.54, 1.807) is 18.3 Å². The van der Waals surface area contributed by atoms with E-state index in [9.17, 15) is 14.0 Å². The molecule has 0 radical (unpaired) electrons. The molecule has 2 aromatic carbocycles. The highest BCUT2D eigenvalue weighted by Gasteiger charge is 2.25. The van der Waals surface area contributed by atoms with E-state index in [2.05, 4.69) is 6.92 Å². The van der Waals surface area contributed by atoms with Gasteiger partial charge in [-0.3, -0.25) is 9.59 Å². The summed E-state index contributed by atoms with van der Waals surface area (Å²) in [7, 11) is 0. The van der Waals surface area contributed by atoms with E-state index in [-0.39, 0.29) is 29.8 Å². The molecule has 5 heteroatoms. The fourth-order valence-electron chi connectivity index (χ4n) is 4.05. The molecule has 1 aliphatic heterocycles. The van der Waals surface area contributed by atoms with Gasteiger partial charge in [0, 0.05) is 35.2 Å². The summed E-state index contributed by atoms with van der Waals surface area (Å²) in [5.41, 5.74) is 1.27. The van der Waals surface area contributed by atoms with Crippen molar-refractivity contribution in [2.24, 2.45) is 0 Å².